The zero-order valence-corrected chi connectivity index (χ0v) is 6.83. The Morgan fingerprint density at radius 2 is 1.91 bits per heavy atom. The van der Waals surface area contributed by atoms with Crippen molar-refractivity contribution in [2.75, 3.05) is 0 Å². The minimum absolute atomic E-state index is 0.522. The van der Waals surface area contributed by atoms with Crippen molar-refractivity contribution in [2.45, 2.75) is 5.75 Å². The summed E-state index contributed by atoms with van der Waals surface area (Å²) in [6, 6.07) is 7.11. The second-order valence-corrected chi connectivity index (χ2v) is 2.55. The van der Waals surface area contributed by atoms with Crippen molar-refractivity contribution in [3.63, 3.8) is 0 Å². The molecule has 11 heavy (non-hydrogen) atoms. The lowest BCUT2D eigenvalue weighted by molar-refractivity contribution is 0.425. The molecular weight excluding hydrogens is 159 g/mol. The van der Waals surface area contributed by atoms with Gasteiger partial charge in [-0.15, -0.1) is 0 Å². The van der Waals surface area contributed by atoms with Gasteiger partial charge in [0.25, 0.3) is 0 Å². The lowest BCUT2D eigenvalue weighted by Crippen LogP contribution is -2.32. The minimum atomic E-state index is -1.39. The predicted molar refractivity (Wildman–Crippen MR) is 49.0 cm³/mol. The molecule has 0 saturated heterocycles. The maximum Gasteiger partial charge on any atom is 0.488 e. The summed E-state index contributed by atoms with van der Waals surface area (Å²) in [4.78, 5) is 0. The van der Waals surface area contributed by atoms with Crippen LogP contribution in [0.1, 0.15) is 5.56 Å². The van der Waals surface area contributed by atoms with Crippen LogP contribution in [-0.2, 0) is 5.75 Å². The zero-order valence-electron chi connectivity index (χ0n) is 5.94. The molecule has 0 spiro atoms. The third-order valence-corrected chi connectivity index (χ3v) is 1.84. The number of thiol groups is 1. The summed E-state index contributed by atoms with van der Waals surface area (Å²) < 4.78 is 0. The van der Waals surface area contributed by atoms with Crippen LogP contribution < -0.4 is 5.46 Å². The quantitative estimate of drug-likeness (QED) is 0.422. The van der Waals surface area contributed by atoms with Crippen molar-refractivity contribution in [2.24, 2.45) is 0 Å². The molecule has 1 rings (SSSR count). The molecule has 0 amide bonds. The zero-order chi connectivity index (χ0) is 8.27. The van der Waals surface area contributed by atoms with E-state index in [1.54, 1.807) is 12.1 Å². The fraction of sp³-hybridized carbons (Fsp3) is 0.143. The van der Waals surface area contributed by atoms with Crippen LogP contribution >= 0.6 is 12.6 Å². The van der Waals surface area contributed by atoms with Gasteiger partial charge in [0, 0.05) is 5.75 Å². The number of rotatable bonds is 2. The van der Waals surface area contributed by atoms with Gasteiger partial charge in [0.05, 0.1) is 0 Å². The van der Waals surface area contributed by atoms with E-state index < -0.39 is 7.12 Å². The highest BCUT2D eigenvalue weighted by Gasteiger charge is 2.13. The Hall–Kier alpha value is -0.445. The van der Waals surface area contributed by atoms with Crippen LogP contribution in [0.5, 0.6) is 0 Å². The Morgan fingerprint density at radius 1 is 1.27 bits per heavy atom. The third kappa shape index (κ3) is 1.99. The molecule has 1 aromatic carbocycles. The van der Waals surface area contributed by atoms with E-state index in [1.807, 2.05) is 12.1 Å². The molecule has 0 atom stereocenters. The number of hydrogen-bond donors (Lipinski definition) is 3. The Balaban J connectivity index is 3.02. The van der Waals surface area contributed by atoms with Crippen LogP contribution in [0.3, 0.4) is 0 Å². The topological polar surface area (TPSA) is 40.5 Å². The largest absolute Gasteiger partial charge is 0.488 e. The Labute approximate surface area is 71.4 Å². The summed E-state index contributed by atoms with van der Waals surface area (Å²) in [6.45, 7) is 0. The fourth-order valence-corrected chi connectivity index (χ4v) is 1.22. The molecule has 0 heterocycles. The molecule has 0 aromatic heterocycles. The van der Waals surface area contributed by atoms with Gasteiger partial charge in [-0.05, 0) is 11.0 Å². The Morgan fingerprint density at radius 3 is 2.36 bits per heavy atom. The fourth-order valence-electron chi connectivity index (χ4n) is 0.930. The maximum atomic E-state index is 8.86. The van der Waals surface area contributed by atoms with Crippen molar-refractivity contribution < 1.29 is 10.0 Å². The first kappa shape index (κ1) is 8.65. The summed E-state index contributed by atoms with van der Waals surface area (Å²) in [6.07, 6.45) is 0. The molecule has 0 aliphatic heterocycles. The molecule has 2 nitrogen and oxygen atoms in total. The summed E-state index contributed by atoms with van der Waals surface area (Å²) in [7, 11) is -1.39. The molecule has 0 aliphatic carbocycles. The Bertz CT molecular complexity index is 240. The molecule has 1 aromatic rings. The van der Waals surface area contributed by atoms with E-state index in [0.717, 1.165) is 5.56 Å². The van der Waals surface area contributed by atoms with Crippen LogP contribution in [0.15, 0.2) is 24.3 Å². The van der Waals surface area contributed by atoms with E-state index in [0.29, 0.717) is 11.2 Å². The van der Waals surface area contributed by atoms with Gasteiger partial charge in [0.15, 0.2) is 0 Å². The van der Waals surface area contributed by atoms with E-state index in [4.69, 9.17) is 10.0 Å². The van der Waals surface area contributed by atoms with E-state index in [1.165, 1.54) is 0 Å². The molecule has 58 valence electrons. The highest BCUT2D eigenvalue weighted by molar-refractivity contribution is 7.79. The lowest BCUT2D eigenvalue weighted by atomic mass is 9.77. The SMILES string of the molecule is OB(O)c1ccccc1CS. The predicted octanol–water partition coefficient (Wildman–Crippen LogP) is -0.204. The summed E-state index contributed by atoms with van der Waals surface area (Å²) in [5, 5.41) is 17.7. The summed E-state index contributed by atoms with van der Waals surface area (Å²) in [5.41, 5.74) is 1.38. The molecule has 2 N–H and O–H groups in total. The van der Waals surface area contributed by atoms with Crippen LogP contribution in [-0.4, -0.2) is 17.2 Å². The number of hydrogen-bond acceptors (Lipinski definition) is 3. The molecule has 0 bridgehead atoms. The minimum Gasteiger partial charge on any atom is -0.423 e. The van der Waals surface area contributed by atoms with Crippen molar-refractivity contribution in [3.05, 3.63) is 29.8 Å². The van der Waals surface area contributed by atoms with Gasteiger partial charge in [-0.1, -0.05) is 24.3 Å². The van der Waals surface area contributed by atoms with Crippen molar-refractivity contribution in [3.8, 4) is 0 Å². The first-order chi connectivity index (χ1) is 5.25. The molecule has 0 radical (unpaired) electrons. The smallest absolute Gasteiger partial charge is 0.423 e. The van der Waals surface area contributed by atoms with Gasteiger partial charge < -0.3 is 10.0 Å². The number of benzene rings is 1. The first-order valence-corrected chi connectivity index (χ1v) is 3.93. The molecule has 0 aliphatic rings. The first-order valence-electron chi connectivity index (χ1n) is 3.30. The van der Waals surface area contributed by atoms with Gasteiger partial charge >= 0.3 is 7.12 Å². The molecular formula is C7H9BO2S. The highest BCUT2D eigenvalue weighted by Crippen LogP contribution is 1.99. The maximum absolute atomic E-state index is 8.86. The van der Waals surface area contributed by atoms with Gasteiger partial charge in [0.1, 0.15) is 0 Å². The van der Waals surface area contributed by atoms with Gasteiger partial charge in [-0.25, -0.2) is 0 Å². The second-order valence-electron chi connectivity index (χ2n) is 2.23. The van der Waals surface area contributed by atoms with Crippen LogP contribution in [0, 0.1) is 0 Å². The van der Waals surface area contributed by atoms with E-state index >= 15 is 0 Å². The molecule has 0 unspecified atom stereocenters. The standard InChI is InChI=1S/C7H9BO2S/c9-8(10)7-4-2-1-3-6(7)5-11/h1-4,9-11H,5H2. The monoisotopic (exact) mass is 168 g/mol. The van der Waals surface area contributed by atoms with Crippen LogP contribution in [0.25, 0.3) is 0 Å². The summed E-state index contributed by atoms with van der Waals surface area (Å²) >= 11 is 4.05. The van der Waals surface area contributed by atoms with Crippen LogP contribution in [0.4, 0.5) is 0 Å². The highest BCUT2D eigenvalue weighted by atomic mass is 32.1. The lowest BCUT2D eigenvalue weighted by Gasteiger charge is -2.04. The van der Waals surface area contributed by atoms with Crippen molar-refractivity contribution >= 4 is 25.2 Å². The Kier molecular flexibility index (Phi) is 2.99. The van der Waals surface area contributed by atoms with Gasteiger partial charge in [0.2, 0.25) is 0 Å². The normalized spacial score (nSPS) is 9.73. The average Bonchev–Trinajstić information content (AvgIpc) is 2.04. The van der Waals surface area contributed by atoms with E-state index in [-0.39, 0.29) is 0 Å². The van der Waals surface area contributed by atoms with Crippen molar-refractivity contribution in [1.29, 1.82) is 0 Å². The summed E-state index contributed by atoms with van der Waals surface area (Å²) in [5.74, 6) is 0.522. The third-order valence-electron chi connectivity index (χ3n) is 1.50. The second kappa shape index (κ2) is 3.81. The van der Waals surface area contributed by atoms with Gasteiger partial charge in [-0.2, -0.15) is 12.6 Å². The molecule has 0 fully saturated rings. The van der Waals surface area contributed by atoms with Crippen LogP contribution in [0.2, 0.25) is 0 Å². The average molecular weight is 168 g/mol. The van der Waals surface area contributed by atoms with Gasteiger partial charge in [-0.3, -0.25) is 0 Å². The van der Waals surface area contributed by atoms with E-state index in [2.05, 4.69) is 12.6 Å². The molecule has 4 heteroatoms. The van der Waals surface area contributed by atoms with E-state index in [9.17, 15) is 0 Å². The molecule has 0 saturated carbocycles. The van der Waals surface area contributed by atoms with Crippen molar-refractivity contribution in [1.82, 2.24) is 0 Å².